The number of phenolic OH excluding ortho intramolecular Hbond substituents is 1. The Labute approximate surface area is 183 Å². The van der Waals surface area contributed by atoms with Gasteiger partial charge in [0.25, 0.3) is 0 Å². The largest absolute Gasteiger partial charge is 0.507 e. The molecule has 170 valence electrons. The van der Waals surface area contributed by atoms with Crippen LogP contribution in [0.4, 0.5) is 0 Å². The number of hydrogen-bond donors (Lipinski definition) is 1. The molecule has 1 aromatic carbocycles. The summed E-state index contributed by atoms with van der Waals surface area (Å²) in [6, 6.07) is 2.83. The number of ether oxygens (including phenoxy) is 4. The molecule has 0 spiro atoms. The van der Waals surface area contributed by atoms with Crippen LogP contribution in [0.15, 0.2) is 24.3 Å². The minimum atomic E-state index is -1.07. The molecule has 2 aliphatic rings. The van der Waals surface area contributed by atoms with Crippen LogP contribution in [0.1, 0.15) is 59.6 Å². The average molecular weight is 446 g/mol. The summed E-state index contributed by atoms with van der Waals surface area (Å²) >= 11 is 0. The summed E-state index contributed by atoms with van der Waals surface area (Å²) in [5, 5.41) is 10.8. The lowest BCUT2D eigenvalue weighted by atomic mass is 9.87. The first-order valence-electron chi connectivity index (χ1n) is 9.84. The SMILES string of the molecule is CC(=O)OC[C@H]1O[C@@H](c2ccc3c(c2O)C(=O)C=CC3=O)C[C@H](OC(C)=O)[C@@H]1OC(C)=O. The molecule has 1 heterocycles. The second kappa shape index (κ2) is 9.31. The number of fused-ring (bicyclic) bond motifs is 1. The van der Waals surface area contributed by atoms with Crippen molar-refractivity contribution in [2.75, 3.05) is 6.61 Å². The van der Waals surface area contributed by atoms with Crippen LogP contribution in [0, 0.1) is 0 Å². The molecule has 1 saturated heterocycles. The minimum Gasteiger partial charge on any atom is -0.507 e. The van der Waals surface area contributed by atoms with Gasteiger partial charge in [-0.05, 0) is 18.2 Å². The van der Waals surface area contributed by atoms with Crippen LogP contribution < -0.4 is 0 Å². The molecule has 0 unspecified atom stereocenters. The molecule has 1 N–H and O–H groups in total. The van der Waals surface area contributed by atoms with E-state index in [4.69, 9.17) is 18.9 Å². The van der Waals surface area contributed by atoms with Crippen LogP contribution in [0.25, 0.3) is 0 Å². The maximum atomic E-state index is 12.3. The van der Waals surface area contributed by atoms with Crippen LogP contribution >= 0.6 is 0 Å². The van der Waals surface area contributed by atoms with Gasteiger partial charge in [0.05, 0.1) is 11.7 Å². The van der Waals surface area contributed by atoms with Gasteiger partial charge in [-0.1, -0.05) is 6.07 Å². The van der Waals surface area contributed by atoms with Gasteiger partial charge in [0.15, 0.2) is 17.7 Å². The Balaban J connectivity index is 2.00. The number of aromatic hydroxyl groups is 1. The summed E-state index contributed by atoms with van der Waals surface area (Å²) in [6.07, 6.45) is -1.85. The van der Waals surface area contributed by atoms with Crippen LogP contribution in [-0.2, 0) is 33.3 Å². The Kier molecular flexibility index (Phi) is 6.73. The number of carbonyl (C=O) groups is 5. The topological polar surface area (TPSA) is 143 Å². The van der Waals surface area contributed by atoms with Crippen molar-refractivity contribution in [2.45, 2.75) is 51.6 Å². The molecule has 10 heteroatoms. The molecule has 32 heavy (non-hydrogen) atoms. The first-order chi connectivity index (χ1) is 15.1. The van der Waals surface area contributed by atoms with E-state index in [1.165, 1.54) is 32.9 Å². The molecule has 4 atom stereocenters. The molecule has 0 saturated carbocycles. The fourth-order valence-corrected chi connectivity index (χ4v) is 3.78. The lowest BCUT2D eigenvalue weighted by Crippen LogP contribution is -2.51. The monoisotopic (exact) mass is 446 g/mol. The third-order valence-electron chi connectivity index (χ3n) is 5.04. The van der Waals surface area contributed by atoms with Gasteiger partial charge in [-0.25, -0.2) is 0 Å². The first kappa shape index (κ1) is 23.1. The van der Waals surface area contributed by atoms with E-state index in [2.05, 4.69) is 0 Å². The number of rotatable bonds is 5. The molecule has 1 aromatic rings. The summed E-state index contributed by atoms with van der Waals surface area (Å²) in [5.41, 5.74) is 0.0769. The highest BCUT2D eigenvalue weighted by atomic mass is 16.6. The van der Waals surface area contributed by atoms with Crippen LogP contribution in [0.5, 0.6) is 5.75 Å². The minimum absolute atomic E-state index is 0.0293. The molecule has 1 aliphatic carbocycles. The van der Waals surface area contributed by atoms with Crippen LogP contribution in [0.2, 0.25) is 0 Å². The maximum absolute atomic E-state index is 12.3. The fraction of sp³-hybridized carbons (Fsp3) is 0.409. The summed E-state index contributed by atoms with van der Waals surface area (Å²) in [4.78, 5) is 59.0. The molecule has 1 fully saturated rings. The van der Waals surface area contributed by atoms with E-state index in [0.717, 1.165) is 12.2 Å². The van der Waals surface area contributed by atoms with Gasteiger partial charge in [-0.3, -0.25) is 24.0 Å². The van der Waals surface area contributed by atoms with Crippen LogP contribution in [-0.4, -0.2) is 59.5 Å². The third kappa shape index (κ3) is 4.86. The normalized spacial score (nSPS) is 24.5. The third-order valence-corrected chi connectivity index (χ3v) is 5.04. The van der Waals surface area contributed by atoms with Crippen molar-refractivity contribution in [2.24, 2.45) is 0 Å². The molecule has 0 radical (unpaired) electrons. The van der Waals surface area contributed by atoms with Gasteiger partial charge < -0.3 is 24.1 Å². The zero-order chi connectivity index (χ0) is 23.6. The van der Waals surface area contributed by atoms with Gasteiger partial charge in [0, 0.05) is 38.3 Å². The van der Waals surface area contributed by atoms with Gasteiger partial charge in [0.2, 0.25) is 0 Å². The molecule has 3 rings (SSSR count). The number of benzene rings is 1. The molecule has 10 nitrogen and oxygen atoms in total. The summed E-state index contributed by atoms with van der Waals surface area (Å²) < 4.78 is 21.6. The standard InChI is InChI=1S/C22H22O10/c1-10(23)29-9-19-22(31-12(3)25)18(30-11(2)24)8-17(32-19)14-5-4-13-15(26)6-7-16(27)20(13)21(14)28/h4-7,17-19,22,28H,8-9H2,1-3H3/t17-,18+,19-,22+/m1/s1. The Morgan fingerprint density at radius 3 is 2.28 bits per heavy atom. The average Bonchev–Trinajstić information content (AvgIpc) is 2.70. The number of hydrogen-bond acceptors (Lipinski definition) is 10. The highest BCUT2D eigenvalue weighted by molar-refractivity contribution is 6.23. The molecule has 0 bridgehead atoms. The fourth-order valence-electron chi connectivity index (χ4n) is 3.78. The zero-order valence-corrected chi connectivity index (χ0v) is 17.7. The van der Waals surface area contributed by atoms with E-state index in [-0.39, 0.29) is 29.7 Å². The quantitative estimate of drug-likeness (QED) is 0.523. The Morgan fingerprint density at radius 2 is 1.66 bits per heavy atom. The molecular formula is C22H22O10. The van der Waals surface area contributed by atoms with Crippen molar-refractivity contribution in [3.63, 3.8) is 0 Å². The lowest BCUT2D eigenvalue weighted by Gasteiger charge is -2.40. The number of phenols is 1. The molecule has 0 amide bonds. The van der Waals surface area contributed by atoms with Crippen molar-refractivity contribution in [1.82, 2.24) is 0 Å². The Morgan fingerprint density at radius 1 is 1.00 bits per heavy atom. The second-order valence-electron chi connectivity index (χ2n) is 7.41. The first-order valence-corrected chi connectivity index (χ1v) is 9.84. The van der Waals surface area contributed by atoms with Crippen molar-refractivity contribution in [3.05, 3.63) is 41.0 Å². The summed E-state index contributed by atoms with van der Waals surface area (Å²) in [6.45, 7) is 3.23. The van der Waals surface area contributed by atoms with Crippen molar-refractivity contribution in [1.29, 1.82) is 0 Å². The van der Waals surface area contributed by atoms with Gasteiger partial charge in [0.1, 0.15) is 24.6 Å². The second-order valence-corrected chi connectivity index (χ2v) is 7.41. The van der Waals surface area contributed by atoms with E-state index in [9.17, 15) is 29.1 Å². The predicted octanol–water partition coefficient (Wildman–Crippen LogP) is 1.58. The van der Waals surface area contributed by atoms with E-state index < -0.39 is 59.6 Å². The summed E-state index contributed by atoms with van der Waals surface area (Å²) in [7, 11) is 0. The number of ketones is 2. The van der Waals surface area contributed by atoms with E-state index in [1.807, 2.05) is 0 Å². The Bertz CT molecular complexity index is 1010. The van der Waals surface area contributed by atoms with E-state index >= 15 is 0 Å². The maximum Gasteiger partial charge on any atom is 0.303 e. The van der Waals surface area contributed by atoms with Crippen molar-refractivity contribution in [3.8, 4) is 5.75 Å². The van der Waals surface area contributed by atoms with Crippen molar-refractivity contribution >= 4 is 29.5 Å². The predicted molar refractivity (Wildman–Crippen MR) is 106 cm³/mol. The molecule has 1 aliphatic heterocycles. The molecule has 0 aromatic heterocycles. The highest BCUT2D eigenvalue weighted by Crippen LogP contribution is 2.41. The number of carbonyl (C=O) groups excluding carboxylic acids is 5. The zero-order valence-electron chi connectivity index (χ0n) is 17.7. The van der Waals surface area contributed by atoms with E-state index in [0.29, 0.717) is 0 Å². The number of esters is 3. The van der Waals surface area contributed by atoms with Crippen molar-refractivity contribution < 1.29 is 48.0 Å². The van der Waals surface area contributed by atoms with Gasteiger partial charge >= 0.3 is 17.9 Å². The smallest absolute Gasteiger partial charge is 0.303 e. The Hall–Kier alpha value is -3.53. The van der Waals surface area contributed by atoms with Crippen LogP contribution in [0.3, 0.4) is 0 Å². The lowest BCUT2D eigenvalue weighted by molar-refractivity contribution is -0.216. The van der Waals surface area contributed by atoms with E-state index in [1.54, 1.807) is 0 Å². The number of allylic oxidation sites excluding steroid dienone is 2. The van der Waals surface area contributed by atoms with Gasteiger partial charge in [-0.2, -0.15) is 0 Å². The van der Waals surface area contributed by atoms with Gasteiger partial charge in [-0.15, -0.1) is 0 Å². The molecular weight excluding hydrogens is 424 g/mol. The summed E-state index contributed by atoms with van der Waals surface area (Å²) in [5.74, 6) is -3.30. The highest BCUT2D eigenvalue weighted by Gasteiger charge is 2.45.